The number of hydrogen-bond donors (Lipinski definition) is 1. The first-order chi connectivity index (χ1) is 13.3. The van der Waals surface area contributed by atoms with Crippen molar-refractivity contribution in [2.24, 2.45) is 5.41 Å². The zero-order valence-corrected chi connectivity index (χ0v) is 17.8. The minimum absolute atomic E-state index is 0.120. The lowest BCUT2D eigenvalue weighted by Gasteiger charge is -2.44. The number of aryl methyl sites for hydroxylation is 1. The average Bonchev–Trinajstić information content (AvgIpc) is 2.67. The highest BCUT2D eigenvalue weighted by Gasteiger charge is 2.38. The van der Waals surface area contributed by atoms with Gasteiger partial charge < -0.3 is 10.2 Å². The van der Waals surface area contributed by atoms with Gasteiger partial charge in [-0.2, -0.15) is 0 Å². The summed E-state index contributed by atoms with van der Waals surface area (Å²) in [5, 5.41) is 3.23. The Morgan fingerprint density at radius 2 is 1.96 bits per heavy atom. The van der Waals surface area contributed by atoms with Crippen molar-refractivity contribution in [2.75, 3.05) is 20.1 Å². The van der Waals surface area contributed by atoms with Gasteiger partial charge in [0.1, 0.15) is 0 Å². The van der Waals surface area contributed by atoms with Crippen molar-refractivity contribution in [2.45, 2.75) is 71.5 Å². The van der Waals surface area contributed by atoms with Crippen LogP contribution in [0.5, 0.6) is 0 Å². The molecular weight excluding hydrogens is 350 g/mol. The molecule has 5 nitrogen and oxygen atoms in total. The van der Waals surface area contributed by atoms with E-state index in [1.54, 1.807) is 4.90 Å². The van der Waals surface area contributed by atoms with Gasteiger partial charge >= 0.3 is 0 Å². The Hall–Kier alpha value is -1.88. The van der Waals surface area contributed by atoms with Gasteiger partial charge in [0.15, 0.2) is 0 Å². The normalized spacial score (nSPS) is 25.6. The Labute approximate surface area is 169 Å². The summed E-state index contributed by atoms with van der Waals surface area (Å²) < 4.78 is 0. The van der Waals surface area contributed by atoms with E-state index in [4.69, 9.17) is 0 Å². The number of likely N-dealkylation sites (N-methyl/N-ethyl adjacent to an activating group) is 1. The van der Waals surface area contributed by atoms with E-state index < -0.39 is 0 Å². The van der Waals surface area contributed by atoms with E-state index in [-0.39, 0.29) is 29.3 Å². The van der Waals surface area contributed by atoms with Gasteiger partial charge in [0.25, 0.3) is 0 Å². The molecule has 1 aliphatic heterocycles. The minimum atomic E-state index is -0.234. The summed E-state index contributed by atoms with van der Waals surface area (Å²) in [7, 11) is 1.86. The molecule has 1 saturated carbocycles. The van der Waals surface area contributed by atoms with Gasteiger partial charge in [0, 0.05) is 38.1 Å². The second-order valence-electron chi connectivity index (χ2n) is 9.04. The number of nitrogens with zero attached hydrogens (tertiary/aromatic N) is 2. The number of amides is 2. The van der Waals surface area contributed by atoms with Crippen LogP contribution in [-0.2, 0) is 16.1 Å². The van der Waals surface area contributed by atoms with Gasteiger partial charge in [-0.1, -0.05) is 56.0 Å². The first kappa shape index (κ1) is 20.8. The molecule has 1 aromatic carbocycles. The third kappa shape index (κ3) is 4.57. The number of hydrogen-bond acceptors (Lipinski definition) is 3. The Balaban J connectivity index is 1.70. The van der Waals surface area contributed by atoms with E-state index in [9.17, 15) is 9.59 Å². The molecule has 28 heavy (non-hydrogen) atoms. The predicted octanol–water partition coefficient (Wildman–Crippen LogP) is 3.11. The Bertz CT molecular complexity index is 712. The van der Waals surface area contributed by atoms with Crippen molar-refractivity contribution < 1.29 is 9.59 Å². The summed E-state index contributed by atoms with van der Waals surface area (Å²) in [5.74, 6) is 0.324. The molecule has 1 N–H and O–H groups in total. The molecule has 0 bridgehead atoms. The molecule has 0 spiro atoms. The van der Waals surface area contributed by atoms with E-state index in [0.717, 1.165) is 32.2 Å². The molecule has 2 aliphatic rings. The van der Waals surface area contributed by atoms with Crippen LogP contribution in [0.4, 0.5) is 0 Å². The molecule has 2 atom stereocenters. The average molecular weight is 386 g/mol. The van der Waals surface area contributed by atoms with Crippen LogP contribution in [0.15, 0.2) is 24.3 Å². The molecule has 0 aromatic heterocycles. The number of rotatable bonds is 5. The highest BCUT2D eigenvalue weighted by Crippen LogP contribution is 2.35. The van der Waals surface area contributed by atoms with Gasteiger partial charge in [-0.15, -0.1) is 0 Å². The summed E-state index contributed by atoms with van der Waals surface area (Å²) in [5.41, 5.74) is 2.20. The van der Waals surface area contributed by atoms with Gasteiger partial charge in [-0.25, -0.2) is 0 Å². The van der Waals surface area contributed by atoms with Crippen LogP contribution in [0.25, 0.3) is 0 Å². The number of nitrogens with one attached hydrogen (secondary N) is 1. The summed E-state index contributed by atoms with van der Waals surface area (Å²) in [4.78, 5) is 29.5. The fraction of sp³-hybridized carbons (Fsp3) is 0.652. The zero-order valence-electron chi connectivity index (χ0n) is 17.8. The zero-order chi connectivity index (χ0) is 20.3. The van der Waals surface area contributed by atoms with E-state index in [0.29, 0.717) is 13.1 Å². The first-order valence-electron chi connectivity index (χ1n) is 10.6. The Morgan fingerprint density at radius 1 is 1.25 bits per heavy atom. The molecule has 1 heterocycles. The van der Waals surface area contributed by atoms with Crippen LogP contribution >= 0.6 is 0 Å². The molecule has 1 aliphatic carbocycles. The van der Waals surface area contributed by atoms with E-state index >= 15 is 0 Å². The first-order valence-corrected chi connectivity index (χ1v) is 10.6. The molecule has 5 heteroatoms. The number of piperazine rings is 1. The van der Waals surface area contributed by atoms with E-state index in [1.807, 2.05) is 14.0 Å². The Kier molecular flexibility index (Phi) is 6.43. The molecule has 154 valence electrons. The van der Waals surface area contributed by atoms with Gasteiger partial charge in [0.05, 0.1) is 6.04 Å². The topological polar surface area (TPSA) is 52.7 Å². The predicted molar refractivity (Wildman–Crippen MR) is 112 cm³/mol. The molecule has 3 rings (SSSR count). The van der Waals surface area contributed by atoms with Crippen molar-refractivity contribution in [3.63, 3.8) is 0 Å². The second kappa shape index (κ2) is 8.64. The van der Waals surface area contributed by atoms with Crippen LogP contribution in [-0.4, -0.2) is 53.8 Å². The minimum Gasteiger partial charge on any atom is -0.354 e. The van der Waals surface area contributed by atoms with Crippen LogP contribution in [0, 0.1) is 12.3 Å². The highest BCUT2D eigenvalue weighted by molar-refractivity contribution is 5.83. The van der Waals surface area contributed by atoms with Gasteiger partial charge in [0.2, 0.25) is 11.8 Å². The van der Waals surface area contributed by atoms with E-state index in [1.165, 1.54) is 17.5 Å². The standard InChI is InChI=1S/C23H35N3O2/c1-17-9-8-10-19(13-17)15-26-18(2)21(27)25(4)16-20(26)14-24-22(28)23(3)11-6-5-7-12-23/h8-10,13,18,20H,5-7,11-12,14-16H2,1-4H3,(H,24,28)/t18-,20+/m0/s1. The van der Waals surface area contributed by atoms with Crippen molar-refractivity contribution in [1.82, 2.24) is 15.1 Å². The van der Waals surface area contributed by atoms with Crippen LogP contribution < -0.4 is 5.32 Å². The molecular formula is C23H35N3O2. The molecule has 2 fully saturated rings. The quantitative estimate of drug-likeness (QED) is 0.847. The third-order valence-corrected chi connectivity index (χ3v) is 6.64. The third-order valence-electron chi connectivity index (χ3n) is 6.64. The van der Waals surface area contributed by atoms with Crippen LogP contribution in [0.2, 0.25) is 0 Å². The summed E-state index contributed by atoms with van der Waals surface area (Å²) in [6.45, 7) is 8.12. The summed E-state index contributed by atoms with van der Waals surface area (Å²) in [6, 6.07) is 8.37. The van der Waals surface area contributed by atoms with Crippen molar-refractivity contribution >= 4 is 11.8 Å². The summed E-state index contributed by atoms with van der Waals surface area (Å²) >= 11 is 0. The monoisotopic (exact) mass is 385 g/mol. The highest BCUT2D eigenvalue weighted by atomic mass is 16.2. The lowest BCUT2D eigenvalue weighted by molar-refractivity contribution is -0.143. The molecule has 0 unspecified atom stereocenters. The maximum Gasteiger partial charge on any atom is 0.239 e. The fourth-order valence-corrected chi connectivity index (χ4v) is 4.74. The fourth-order valence-electron chi connectivity index (χ4n) is 4.74. The van der Waals surface area contributed by atoms with Gasteiger partial charge in [-0.3, -0.25) is 14.5 Å². The molecule has 2 amide bonds. The summed E-state index contributed by atoms with van der Waals surface area (Å²) in [6.07, 6.45) is 5.47. The Morgan fingerprint density at radius 3 is 2.64 bits per heavy atom. The smallest absolute Gasteiger partial charge is 0.239 e. The number of benzene rings is 1. The molecule has 1 aromatic rings. The van der Waals surface area contributed by atoms with Crippen molar-refractivity contribution in [3.8, 4) is 0 Å². The SMILES string of the molecule is Cc1cccc(CN2[C@H](CNC(=O)C3(C)CCCCC3)CN(C)C(=O)[C@@H]2C)c1. The largest absolute Gasteiger partial charge is 0.354 e. The second-order valence-corrected chi connectivity index (χ2v) is 9.04. The lowest BCUT2D eigenvalue weighted by Crippen LogP contribution is -2.62. The molecule has 1 saturated heterocycles. The maximum atomic E-state index is 12.9. The van der Waals surface area contributed by atoms with Crippen LogP contribution in [0.3, 0.4) is 0 Å². The maximum absolute atomic E-state index is 12.9. The lowest BCUT2D eigenvalue weighted by atomic mass is 9.75. The molecule has 0 radical (unpaired) electrons. The van der Waals surface area contributed by atoms with Crippen molar-refractivity contribution in [1.29, 1.82) is 0 Å². The number of carbonyl (C=O) groups is 2. The van der Waals surface area contributed by atoms with Crippen LogP contribution in [0.1, 0.15) is 57.1 Å². The van der Waals surface area contributed by atoms with E-state index in [2.05, 4.69) is 48.3 Å². The number of carbonyl (C=O) groups excluding carboxylic acids is 2. The van der Waals surface area contributed by atoms with Gasteiger partial charge in [-0.05, 0) is 32.3 Å². The van der Waals surface area contributed by atoms with Crippen molar-refractivity contribution in [3.05, 3.63) is 35.4 Å².